The molecule has 1 heterocycles. The molecule has 128 valence electrons. The van der Waals surface area contributed by atoms with Gasteiger partial charge in [-0.05, 0) is 44.6 Å². The van der Waals surface area contributed by atoms with Crippen LogP contribution in [-0.2, 0) is 9.53 Å². The van der Waals surface area contributed by atoms with Crippen LogP contribution in [0.5, 0.6) is 0 Å². The van der Waals surface area contributed by atoms with Gasteiger partial charge >= 0.3 is 6.09 Å². The maximum Gasteiger partial charge on any atom is 0.421 e. The molecule has 1 aromatic rings. The minimum absolute atomic E-state index is 0.0965. The summed E-state index contributed by atoms with van der Waals surface area (Å²) in [4.78, 5) is 26.7. The molecular formula is C20H25NO3. The van der Waals surface area contributed by atoms with Gasteiger partial charge in [-0.3, -0.25) is 4.79 Å². The van der Waals surface area contributed by atoms with Crippen LogP contribution in [0.25, 0.3) is 5.70 Å². The highest BCUT2D eigenvalue weighted by atomic mass is 16.6. The summed E-state index contributed by atoms with van der Waals surface area (Å²) < 4.78 is 5.48. The van der Waals surface area contributed by atoms with E-state index in [1.54, 1.807) is 0 Å². The number of allylic oxidation sites excluding steroid dienone is 1. The van der Waals surface area contributed by atoms with Crippen molar-refractivity contribution in [1.82, 2.24) is 4.90 Å². The van der Waals surface area contributed by atoms with Crippen molar-refractivity contribution < 1.29 is 14.3 Å². The molecule has 0 radical (unpaired) electrons. The Morgan fingerprint density at radius 3 is 2.33 bits per heavy atom. The largest absolute Gasteiger partial charge is 0.443 e. The number of hydrogen-bond acceptors (Lipinski definition) is 3. The fourth-order valence-electron chi connectivity index (χ4n) is 3.65. The van der Waals surface area contributed by atoms with Crippen LogP contribution in [0.2, 0.25) is 0 Å². The van der Waals surface area contributed by atoms with Crippen molar-refractivity contribution in [2.75, 3.05) is 0 Å². The Morgan fingerprint density at radius 1 is 1.12 bits per heavy atom. The van der Waals surface area contributed by atoms with Gasteiger partial charge in [-0.15, -0.1) is 0 Å². The summed E-state index contributed by atoms with van der Waals surface area (Å²) in [5.74, 6) is -0.160. The Labute approximate surface area is 143 Å². The molecule has 1 fully saturated rings. The molecule has 0 unspecified atom stereocenters. The van der Waals surface area contributed by atoms with Crippen LogP contribution < -0.4 is 0 Å². The van der Waals surface area contributed by atoms with Crippen LogP contribution in [0.3, 0.4) is 0 Å². The molecule has 4 nitrogen and oxygen atoms in total. The van der Waals surface area contributed by atoms with Crippen molar-refractivity contribution >= 4 is 17.7 Å². The maximum atomic E-state index is 12.9. The van der Waals surface area contributed by atoms with Crippen molar-refractivity contribution in [3.63, 3.8) is 0 Å². The first-order chi connectivity index (χ1) is 11.3. The summed E-state index contributed by atoms with van der Waals surface area (Å²) in [7, 11) is 0. The normalized spacial score (nSPS) is 20.2. The molecule has 1 saturated carbocycles. The molecule has 0 N–H and O–H groups in total. The first-order valence-electron chi connectivity index (χ1n) is 8.64. The lowest BCUT2D eigenvalue weighted by molar-refractivity contribution is -0.129. The van der Waals surface area contributed by atoms with Gasteiger partial charge in [-0.1, -0.05) is 49.2 Å². The molecule has 2 amide bonds. The third-order valence-electron chi connectivity index (χ3n) is 4.68. The number of amides is 2. The first kappa shape index (κ1) is 16.7. The molecular weight excluding hydrogens is 302 g/mol. The van der Waals surface area contributed by atoms with Gasteiger partial charge in [-0.2, -0.15) is 0 Å². The predicted octanol–water partition coefficient (Wildman–Crippen LogP) is 4.76. The van der Waals surface area contributed by atoms with Gasteiger partial charge in [0.2, 0.25) is 5.91 Å². The standard InChI is InChI=1S/C20H25NO3/c1-19(2,3)24-18(23)21-16(15-9-5-4-6-10-15)13-20(14-17(21)22)11-7-8-12-20/h4-6,9-10,13H,7-8,11-12,14H2,1-3H3. The number of rotatable bonds is 1. The van der Waals surface area contributed by atoms with Crippen molar-refractivity contribution in [3.05, 3.63) is 42.0 Å². The van der Waals surface area contributed by atoms with Gasteiger partial charge in [0.1, 0.15) is 5.60 Å². The van der Waals surface area contributed by atoms with Crippen LogP contribution in [0.1, 0.15) is 58.4 Å². The molecule has 0 aromatic heterocycles. The van der Waals surface area contributed by atoms with Gasteiger partial charge in [0.05, 0.1) is 5.70 Å². The highest BCUT2D eigenvalue weighted by Crippen LogP contribution is 2.48. The summed E-state index contributed by atoms with van der Waals surface area (Å²) in [5.41, 5.74) is 0.813. The SMILES string of the molecule is CC(C)(C)OC(=O)N1C(=O)CC2(C=C1c1ccccc1)CCCC2. The molecule has 4 heteroatoms. The Bertz CT molecular complexity index is 664. The van der Waals surface area contributed by atoms with Crippen molar-refractivity contribution in [3.8, 4) is 0 Å². The zero-order valence-electron chi connectivity index (χ0n) is 14.7. The minimum atomic E-state index is -0.637. The number of ether oxygens (including phenoxy) is 1. The lowest BCUT2D eigenvalue weighted by atomic mass is 9.78. The van der Waals surface area contributed by atoms with E-state index in [9.17, 15) is 9.59 Å². The quantitative estimate of drug-likeness (QED) is 0.747. The van der Waals surface area contributed by atoms with E-state index in [1.807, 2.05) is 51.1 Å². The second kappa shape index (κ2) is 6.08. The molecule has 2 aliphatic rings. The first-order valence-corrected chi connectivity index (χ1v) is 8.64. The van der Waals surface area contributed by atoms with E-state index < -0.39 is 11.7 Å². The third kappa shape index (κ3) is 3.37. The van der Waals surface area contributed by atoms with Crippen molar-refractivity contribution in [1.29, 1.82) is 0 Å². The van der Waals surface area contributed by atoms with Gasteiger partial charge in [0.15, 0.2) is 0 Å². The Morgan fingerprint density at radius 2 is 1.75 bits per heavy atom. The summed E-state index contributed by atoms with van der Waals surface area (Å²) in [6, 6.07) is 9.64. The van der Waals surface area contributed by atoms with E-state index in [0.717, 1.165) is 31.2 Å². The predicted molar refractivity (Wildman–Crippen MR) is 93.0 cm³/mol. The van der Waals surface area contributed by atoms with Crippen LogP contribution in [-0.4, -0.2) is 22.5 Å². The molecule has 24 heavy (non-hydrogen) atoms. The highest BCUT2D eigenvalue weighted by molar-refractivity contribution is 6.03. The molecule has 1 aliphatic heterocycles. The van der Waals surface area contributed by atoms with Crippen molar-refractivity contribution in [2.24, 2.45) is 5.41 Å². The second-order valence-corrected chi connectivity index (χ2v) is 7.85. The number of carbonyl (C=O) groups excluding carboxylic acids is 2. The molecule has 1 aliphatic carbocycles. The summed E-state index contributed by atoms with van der Waals surface area (Å²) in [6.07, 6.45) is 6.24. The maximum absolute atomic E-state index is 12.9. The second-order valence-electron chi connectivity index (χ2n) is 7.85. The van der Waals surface area contributed by atoms with Crippen molar-refractivity contribution in [2.45, 2.75) is 58.5 Å². The van der Waals surface area contributed by atoms with Gasteiger partial charge in [0.25, 0.3) is 0 Å². The van der Waals surface area contributed by atoms with E-state index in [2.05, 4.69) is 6.08 Å². The molecule has 0 bridgehead atoms. The van der Waals surface area contributed by atoms with Crippen LogP contribution in [0.15, 0.2) is 36.4 Å². The number of benzene rings is 1. The minimum Gasteiger partial charge on any atom is -0.443 e. The van der Waals surface area contributed by atoms with E-state index in [0.29, 0.717) is 12.1 Å². The fraction of sp³-hybridized carbons (Fsp3) is 0.500. The smallest absolute Gasteiger partial charge is 0.421 e. The zero-order chi connectivity index (χ0) is 17.4. The summed E-state index contributed by atoms with van der Waals surface area (Å²) in [5, 5.41) is 0. The molecule has 1 aromatic carbocycles. The number of hydrogen-bond donors (Lipinski definition) is 0. The third-order valence-corrected chi connectivity index (χ3v) is 4.68. The molecule has 0 saturated heterocycles. The average molecular weight is 327 g/mol. The Balaban J connectivity index is 2.02. The van der Waals surface area contributed by atoms with Gasteiger partial charge in [-0.25, -0.2) is 9.69 Å². The van der Waals surface area contributed by atoms with E-state index in [-0.39, 0.29) is 11.3 Å². The average Bonchev–Trinajstić information content (AvgIpc) is 2.93. The zero-order valence-corrected chi connectivity index (χ0v) is 14.7. The topological polar surface area (TPSA) is 46.6 Å². The number of carbonyl (C=O) groups is 2. The lowest BCUT2D eigenvalue weighted by Gasteiger charge is -2.37. The highest BCUT2D eigenvalue weighted by Gasteiger charge is 2.44. The van der Waals surface area contributed by atoms with E-state index in [4.69, 9.17) is 4.74 Å². The fourth-order valence-corrected chi connectivity index (χ4v) is 3.65. The van der Waals surface area contributed by atoms with Crippen LogP contribution in [0, 0.1) is 5.41 Å². The molecule has 3 rings (SSSR count). The van der Waals surface area contributed by atoms with Gasteiger partial charge in [0, 0.05) is 6.42 Å². The summed E-state index contributed by atoms with van der Waals surface area (Å²) in [6.45, 7) is 5.43. The van der Waals surface area contributed by atoms with E-state index in [1.165, 1.54) is 4.90 Å². The molecule has 1 spiro atoms. The Kier molecular flexibility index (Phi) is 4.24. The monoisotopic (exact) mass is 327 g/mol. The van der Waals surface area contributed by atoms with E-state index >= 15 is 0 Å². The molecule has 0 atom stereocenters. The van der Waals surface area contributed by atoms with Gasteiger partial charge < -0.3 is 4.74 Å². The van der Waals surface area contributed by atoms with Crippen LogP contribution >= 0.6 is 0 Å². The number of imide groups is 1. The lowest BCUT2D eigenvalue weighted by Crippen LogP contribution is -2.44. The summed E-state index contributed by atoms with van der Waals surface area (Å²) >= 11 is 0. The number of nitrogens with zero attached hydrogens (tertiary/aromatic N) is 1. The van der Waals surface area contributed by atoms with Crippen LogP contribution in [0.4, 0.5) is 4.79 Å². The Hall–Kier alpha value is -2.10.